The molecular formula is C9H8N4O. The molecule has 0 spiro atoms. The molecule has 1 aromatic rings. The molecule has 0 fully saturated rings. The fourth-order valence-corrected chi connectivity index (χ4v) is 0.926. The SMILES string of the molecule is CCOc1nc(N)c(C#N)cc1C#N. The molecule has 0 aliphatic carbocycles. The molecule has 0 saturated carbocycles. The highest BCUT2D eigenvalue weighted by Gasteiger charge is 2.09. The third-order valence-corrected chi connectivity index (χ3v) is 1.54. The Morgan fingerprint density at radius 2 is 2.07 bits per heavy atom. The number of nitrogen functional groups attached to an aromatic ring is 1. The molecule has 70 valence electrons. The van der Waals surface area contributed by atoms with Crippen LogP contribution in [-0.4, -0.2) is 11.6 Å². The predicted octanol–water partition coefficient (Wildman–Crippen LogP) is 0.806. The molecule has 0 atom stereocenters. The molecule has 14 heavy (non-hydrogen) atoms. The zero-order valence-electron chi connectivity index (χ0n) is 7.61. The van der Waals surface area contributed by atoms with Crippen molar-refractivity contribution >= 4 is 5.82 Å². The van der Waals surface area contributed by atoms with Gasteiger partial charge in [-0.1, -0.05) is 0 Å². The average Bonchev–Trinajstić information content (AvgIpc) is 2.19. The van der Waals surface area contributed by atoms with Gasteiger partial charge in [-0.15, -0.1) is 0 Å². The summed E-state index contributed by atoms with van der Waals surface area (Å²) in [7, 11) is 0. The molecule has 0 radical (unpaired) electrons. The van der Waals surface area contributed by atoms with E-state index in [0.29, 0.717) is 6.61 Å². The minimum Gasteiger partial charge on any atom is -0.477 e. The van der Waals surface area contributed by atoms with Gasteiger partial charge < -0.3 is 10.5 Å². The molecule has 0 aliphatic heterocycles. The van der Waals surface area contributed by atoms with Gasteiger partial charge in [0, 0.05) is 0 Å². The smallest absolute Gasteiger partial charge is 0.233 e. The Hall–Kier alpha value is -2.27. The first kappa shape index (κ1) is 9.82. The van der Waals surface area contributed by atoms with Crippen molar-refractivity contribution in [3.8, 4) is 18.0 Å². The van der Waals surface area contributed by atoms with Gasteiger partial charge in [-0.3, -0.25) is 0 Å². The molecule has 0 unspecified atom stereocenters. The number of aromatic nitrogens is 1. The van der Waals surface area contributed by atoms with E-state index in [2.05, 4.69) is 4.98 Å². The van der Waals surface area contributed by atoms with Crippen molar-refractivity contribution < 1.29 is 4.74 Å². The van der Waals surface area contributed by atoms with Gasteiger partial charge in [0.2, 0.25) is 5.88 Å². The van der Waals surface area contributed by atoms with Crippen LogP contribution in [0.2, 0.25) is 0 Å². The van der Waals surface area contributed by atoms with E-state index in [9.17, 15) is 0 Å². The van der Waals surface area contributed by atoms with Crippen molar-refractivity contribution in [2.75, 3.05) is 12.3 Å². The van der Waals surface area contributed by atoms with E-state index in [1.54, 1.807) is 6.92 Å². The second-order valence-electron chi connectivity index (χ2n) is 2.43. The van der Waals surface area contributed by atoms with Gasteiger partial charge in [0.25, 0.3) is 0 Å². The molecule has 5 nitrogen and oxygen atoms in total. The van der Waals surface area contributed by atoms with Crippen molar-refractivity contribution in [1.29, 1.82) is 10.5 Å². The summed E-state index contributed by atoms with van der Waals surface area (Å²) in [5.41, 5.74) is 5.87. The number of nitriles is 2. The van der Waals surface area contributed by atoms with Crippen LogP contribution in [-0.2, 0) is 0 Å². The van der Waals surface area contributed by atoms with E-state index in [4.69, 9.17) is 21.0 Å². The topological polar surface area (TPSA) is 95.7 Å². The lowest BCUT2D eigenvalue weighted by Gasteiger charge is -2.05. The van der Waals surface area contributed by atoms with Crippen LogP contribution >= 0.6 is 0 Å². The first-order valence-corrected chi connectivity index (χ1v) is 3.96. The normalized spacial score (nSPS) is 8.79. The fourth-order valence-electron chi connectivity index (χ4n) is 0.926. The van der Waals surface area contributed by atoms with E-state index in [1.165, 1.54) is 6.07 Å². The summed E-state index contributed by atoms with van der Waals surface area (Å²) in [6.45, 7) is 2.17. The molecule has 0 amide bonds. The Morgan fingerprint density at radius 1 is 1.43 bits per heavy atom. The van der Waals surface area contributed by atoms with Crippen molar-refractivity contribution in [1.82, 2.24) is 4.98 Å². The van der Waals surface area contributed by atoms with Crippen LogP contribution in [0.25, 0.3) is 0 Å². The van der Waals surface area contributed by atoms with E-state index < -0.39 is 0 Å². The number of nitrogens with zero attached hydrogens (tertiary/aromatic N) is 3. The molecule has 0 bridgehead atoms. The quantitative estimate of drug-likeness (QED) is 0.740. The fraction of sp³-hybridized carbons (Fsp3) is 0.222. The number of rotatable bonds is 2. The lowest BCUT2D eigenvalue weighted by atomic mass is 10.2. The Morgan fingerprint density at radius 3 is 2.57 bits per heavy atom. The van der Waals surface area contributed by atoms with Gasteiger partial charge in [0.1, 0.15) is 23.5 Å². The van der Waals surface area contributed by atoms with Crippen molar-refractivity contribution in [3.63, 3.8) is 0 Å². The summed E-state index contributed by atoms with van der Waals surface area (Å²) in [4.78, 5) is 3.82. The van der Waals surface area contributed by atoms with Crippen LogP contribution in [0.5, 0.6) is 5.88 Å². The summed E-state index contributed by atoms with van der Waals surface area (Å²) in [5.74, 6) is 0.251. The second kappa shape index (κ2) is 4.11. The van der Waals surface area contributed by atoms with E-state index in [1.807, 2.05) is 12.1 Å². The van der Waals surface area contributed by atoms with Crippen LogP contribution in [0, 0.1) is 22.7 Å². The lowest BCUT2D eigenvalue weighted by molar-refractivity contribution is 0.326. The second-order valence-corrected chi connectivity index (χ2v) is 2.43. The molecule has 1 heterocycles. The molecule has 0 aromatic carbocycles. The monoisotopic (exact) mass is 188 g/mol. The van der Waals surface area contributed by atoms with Crippen LogP contribution in [0.15, 0.2) is 6.07 Å². The minimum absolute atomic E-state index is 0.0787. The Kier molecular flexibility index (Phi) is 2.88. The van der Waals surface area contributed by atoms with Gasteiger partial charge in [-0.05, 0) is 13.0 Å². The first-order valence-electron chi connectivity index (χ1n) is 3.96. The van der Waals surface area contributed by atoms with Gasteiger partial charge in [0.15, 0.2) is 0 Å². The molecule has 1 aromatic heterocycles. The summed E-state index contributed by atoms with van der Waals surface area (Å²) >= 11 is 0. The summed E-state index contributed by atoms with van der Waals surface area (Å²) < 4.78 is 5.09. The van der Waals surface area contributed by atoms with E-state index in [-0.39, 0.29) is 22.8 Å². The standard InChI is InChI=1S/C9H8N4O/c1-2-14-9-7(5-11)3-6(4-10)8(12)13-9/h3H,2H2,1H3,(H2,12,13). The lowest BCUT2D eigenvalue weighted by Crippen LogP contribution is -2.02. The zero-order chi connectivity index (χ0) is 10.6. The molecule has 1 rings (SSSR count). The van der Waals surface area contributed by atoms with E-state index in [0.717, 1.165) is 0 Å². The van der Waals surface area contributed by atoms with Crippen LogP contribution in [0.4, 0.5) is 5.82 Å². The summed E-state index contributed by atoms with van der Waals surface area (Å²) in [5, 5.41) is 17.4. The van der Waals surface area contributed by atoms with Gasteiger partial charge in [-0.2, -0.15) is 15.5 Å². The Balaban J connectivity index is 3.28. The van der Waals surface area contributed by atoms with Crippen molar-refractivity contribution in [2.24, 2.45) is 0 Å². The highest BCUT2D eigenvalue weighted by molar-refractivity contribution is 5.55. The van der Waals surface area contributed by atoms with Gasteiger partial charge in [0.05, 0.1) is 12.2 Å². The van der Waals surface area contributed by atoms with Crippen LogP contribution < -0.4 is 10.5 Å². The third-order valence-electron chi connectivity index (χ3n) is 1.54. The van der Waals surface area contributed by atoms with E-state index >= 15 is 0 Å². The maximum atomic E-state index is 8.74. The number of pyridine rings is 1. The number of ether oxygens (including phenoxy) is 1. The average molecular weight is 188 g/mol. The summed E-state index contributed by atoms with van der Waals surface area (Å²) in [6, 6.07) is 5.10. The van der Waals surface area contributed by atoms with Crippen molar-refractivity contribution in [3.05, 3.63) is 17.2 Å². The van der Waals surface area contributed by atoms with Crippen LogP contribution in [0.3, 0.4) is 0 Å². The highest BCUT2D eigenvalue weighted by Crippen LogP contribution is 2.19. The Labute approximate surface area is 81.3 Å². The minimum atomic E-state index is 0.0787. The number of nitrogens with two attached hydrogens (primary N) is 1. The molecule has 0 saturated heterocycles. The molecular weight excluding hydrogens is 180 g/mol. The summed E-state index contributed by atoms with van der Waals surface area (Å²) in [6.07, 6.45) is 0. The van der Waals surface area contributed by atoms with Crippen LogP contribution in [0.1, 0.15) is 18.1 Å². The number of hydrogen-bond donors (Lipinski definition) is 1. The maximum absolute atomic E-state index is 8.74. The maximum Gasteiger partial charge on any atom is 0.233 e. The number of hydrogen-bond acceptors (Lipinski definition) is 5. The van der Waals surface area contributed by atoms with Gasteiger partial charge >= 0.3 is 0 Å². The largest absolute Gasteiger partial charge is 0.477 e. The highest BCUT2D eigenvalue weighted by atomic mass is 16.5. The Bertz CT molecular complexity index is 428. The third kappa shape index (κ3) is 1.73. The van der Waals surface area contributed by atoms with Gasteiger partial charge in [-0.25, -0.2) is 0 Å². The molecule has 2 N–H and O–H groups in total. The zero-order valence-corrected chi connectivity index (χ0v) is 7.61. The molecule has 0 aliphatic rings. The first-order chi connectivity index (χ1) is 6.72. The predicted molar refractivity (Wildman–Crippen MR) is 49.2 cm³/mol. The molecule has 5 heteroatoms. The van der Waals surface area contributed by atoms with Crippen molar-refractivity contribution in [2.45, 2.75) is 6.92 Å². The number of anilines is 1.